The molecule has 15 heavy (non-hydrogen) atoms. The number of hydrogen-bond acceptors (Lipinski definition) is 2. The van der Waals surface area contributed by atoms with Crippen molar-refractivity contribution in [2.24, 2.45) is 0 Å². The molecule has 0 saturated heterocycles. The number of alkyl halides is 6. The maximum atomic E-state index is 12.6. The molecule has 0 saturated carbocycles. The molecule has 0 atom stereocenters. The van der Waals surface area contributed by atoms with Gasteiger partial charge in [0.05, 0.1) is 0 Å². The van der Waals surface area contributed by atoms with E-state index in [1.807, 2.05) is 0 Å². The summed E-state index contributed by atoms with van der Waals surface area (Å²) in [5, 5.41) is -10.7. The van der Waals surface area contributed by atoms with Gasteiger partial charge in [0.2, 0.25) is 0 Å². The zero-order valence-electron chi connectivity index (χ0n) is 7.70. The average Bonchev–Trinajstić information content (AvgIpc) is 2.01. The van der Waals surface area contributed by atoms with Crippen molar-refractivity contribution >= 4 is 9.84 Å². The summed E-state index contributed by atoms with van der Waals surface area (Å²) in [6.07, 6.45) is -1.50. The van der Waals surface area contributed by atoms with E-state index >= 15 is 0 Å². The van der Waals surface area contributed by atoms with E-state index in [4.69, 9.17) is 0 Å². The molecular formula is C6H8F6O2S. The Morgan fingerprint density at radius 1 is 1.00 bits per heavy atom. The SMILES string of the molecule is CCC(F)(F)S(=O)(=O)C(F)(F)C(C)(F)F. The van der Waals surface area contributed by atoms with E-state index < -0.39 is 39.6 Å². The molecule has 0 spiro atoms. The molecule has 0 aromatic heterocycles. The van der Waals surface area contributed by atoms with Gasteiger partial charge in [-0.15, -0.1) is 0 Å². The number of hydrogen-bond donors (Lipinski definition) is 0. The van der Waals surface area contributed by atoms with Crippen molar-refractivity contribution < 1.29 is 34.8 Å². The van der Waals surface area contributed by atoms with Crippen LogP contribution in [-0.2, 0) is 9.84 Å². The predicted octanol–water partition coefficient (Wildman–Crippen LogP) is 2.65. The van der Waals surface area contributed by atoms with Crippen molar-refractivity contribution in [2.45, 2.75) is 36.7 Å². The van der Waals surface area contributed by atoms with Crippen LogP contribution in [0.1, 0.15) is 20.3 Å². The molecule has 0 aromatic carbocycles. The number of halogens is 6. The average molecular weight is 258 g/mol. The first-order chi connectivity index (χ1) is 6.31. The fourth-order valence-corrected chi connectivity index (χ4v) is 1.84. The van der Waals surface area contributed by atoms with Gasteiger partial charge in [-0.3, -0.25) is 0 Å². The van der Waals surface area contributed by atoms with E-state index in [0.717, 1.165) is 0 Å². The lowest BCUT2D eigenvalue weighted by Crippen LogP contribution is -2.51. The highest BCUT2D eigenvalue weighted by Crippen LogP contribution is 2.45. The molecule has 0 aliphatic rings. The molecule has 0 bridgehead atoms. The lowest BCUT2D eigenvalue weighted by atomic mass is 10.4. The highest BCUT2D eigenvalue weighted by Gasteiger charge is 2.70. The van der Waals surface area contributed by atoms with E-state index in [1.54, 1.807) is 0 Å². The maximum Gasteiger partial charge on any atom is 0.412 e. The topological polar surface area (TPSA) is 34.1 Å². The zero-order chi connectivity index (χ0) is 12.7. The van der Waals surface area contributed by atoms with Gasteiger partial charge in [0.15, 0.2) is 0 Å². The minimum Gasteiger partial charge on any atom is -0.216 e. The Bertz CT molecular complexity index is 328. The molecule has 0 unspecified atom stereocenters. The van der Waals surface area contributed by atoms with E-state index in [0.29, 0.717) is 6.92 Å². The van der Waals surface area contributed by atoms with Crippen LogP contribution in [0.3, 0.4) is 0 Å². The molecule has 0 rings (SSSR count). The zero-order valence-corrected chi connectivity index (χ0v) is 8.52. The predicted molar refractivity (Wildman–Crippen MR) is 39.7 cm³/mol. The van der Waals surface area contributed by atoms with E-state index in [9.17, 15) is 34.8 Å². The van der Waals surface area contributed by atoms with Gasteiger partial charge in [-0.25, -0.2) is 8.42 Å². The van der Waals surface area contributed by atoms with Crippen molar-refractivity contribution in [3.63, 3.8) is 0 Å². The third-order valence-electron chi connectivity index (χ3n) is 1.65. The van der Waals surface area contributed by atoms with E-state index in [2.05, 4.69) is 0 Å². The summed E-state index contributed by atoms with van der Waals surface area (Å²) in [6, 6.07) is 0. The quantitative estimate of drug-likeness (QED) is 0.726. The van der Waals surface area contributed by atoms with Gasteiger partial charge in [0, 0.05) is 13.3 Å². The molecule has 0 aliphatic heterocycles. The minimum absolute atomic E-state index is 0.434. The first-order valence-electron chi connectivity index (χ1n) is 3.69. The van der Waals surface area contributed by atoms with Crippen LogP contribution in [0, 0.1) is 0 Å². The molecule has 0 aromatic rings. The lowest BCUT2D eigenvalue weighted by Gasteiger charge is -2.26. The Labute approximate surface area is 82.2 Å². The number of sulfone groups is 1. The van der Waals surface area contributed by atoms with Crippen LogP contribution < -0.4 is 0 Å². The summed E-state index contributed by atoms with van der Waals surface area (Å²) >= 11 is 0. The van der Waals surface area contributed by atoms with Crippen molar-refractivity contribution in [3.05, 3.63) is 0 Å². The second kappa shape index (κ2) is 3.53. The summed E-state index contributed by atoms with van der Waals surface area (Å²) in [5.41, 5.74) is 0. The van der Waals surface area contributed by atoms with Crippen LogP contribution in [0.5, 0.6) is 0 Å². The Morgan fingerprint density at radius 2 is 1.33 bits per heavy atom. The molecule has 0 N–H and O–H groups in total. The van der Waals surface area contributed by atoms with Gasteiger partial charge in [-0.1, -0.05) is 6.92 Å². The molecule has 92 valence electrons. The third kappa shape index (κ3) is 2.06. The van der Waals surface area contributed by atoms with Gasteiger partial charge < -0.3 is 0 Å². The maximum absolute atomic E-state index is 12.6. The minimum atomic E-state index is -6.56. The van der Waals surface area contributed by atoms with Gasteiger partial charge in [-0.2, -0.15) is 26.3 Å². The van der Waals surface area contributed by atoms with Crippen LogP contribution in [-0.4, -0.2) is 24.8 Å². The molecule has 0 aliphatic carbocycles. The van der Waals surface area contributed by atoms with Gasteiger partial charge in [0.1, 0.15) is 0 Å². The van der Waals surface area contributed by atoms with Crippen molar-refractivity contribution in [1.82, 2.24) is 0 Å². The Kier molecular flexibility index (Phi) is 3.42. The summed E-state index contributed by atoms with van der Waals surface area (Å²) in [6.45, 7) is 0.164. The molecule has 0 radical (unpaired) electrons. The Hall–Kier alpha value is -0.470. The first kappa shape index (κ1) is 14.5. The van der Waals surface area contributed by atoms with Crippen LogP contribution >= 0.6 is 0 Å². The normalized spacial score (nSPS) is 15.5. The van der Waals surface area contributed by atoms with Crippen molar-refractivity contribution in [3.8, 4) is 0 Å². The number of rotatable bonds is 4. The molecule has 9 heteroatoms. The summed E-state index contributed by atoms with van der Waals surface area (Å²) in [4.78, 5) is 0. The Morgan fingerprint density at radius 3 is 1.53 bits per heavy atom. The van der Waals surface area contributed by atoms with Crippen molar-refractivity contribution in [1.29, 1.82) is 0 Å². The van der Waals surface area contributed by atoms with Gasteiger partial charge in [-0.05, 0) is 0 Å². The molecule has 0 amide bonds. The monoisotopic (exact) mass is 258 g/mol. The standard InChI is InChI=1S/C6H8F6O2S/c1-3-5(9,10)15(13,14)6(11,12)4(2,7)8/h3H2,1-2H3. The van der Waals surface area contributed by atoms with Crippen LogP contribution in [0.15, 0.2) is 0 Å². The second-order valence-corrected chi connectivity index (χ2v) is 5.02. The van der Waals surface area contributed by atoms with E-state index in [1.165, 1.54) is 0 Å². The second-order valence-electron chi connectivity index (χ2n) is 2.90. The lowest BCUT2D eigenvalue weighted by molar-refractivity contribution is -0.148. The first-order valence-corrected chi connectivity index (χ1v) is 5.17. The van der Waals surface area contributed by atoms with Gasteiger partial charge in [0.25, 0.3) is 9.84 Å². The van der Waals surface area contributed by atoms with E-state index in [-0.39, 0.29) is 0 Å². The molecule has 0 fully saturated rings. The largest absolute Gasteiger partial charge is 0.412 e. The van der Waals surface area contributed by atoms with Crippen molar-refractivity contribution in [2.75, 3.05) is 0 Å². The molecular weight excluding hydrogens is 250 g/mol. The molecule has 0 heterocycles. The third-order valence-corrected chi connectivity index (χ3v) is 3.76. The van der Waals surface area contributed by atoms with Crippen LogP contribution in [0.25, 0.3) is 0 Å². The fraction of sp³-hybridized carbons (Fsp3) is 1.00. The van der Waals surface area contributed by atoms with Crippen LogP contribution in [0.4, 0.5) is 26.3 Å². The van der Waals surface area contributed by atoms with Gasteiger partial charge >= 0.3 is 16.4 Å². The highest BCUT2D eigenvalue weighted by atomic mass is 32.2. The molecule has 2 nitrogen and oxygen atoms in total. The highest BCUT2D eigenvalue weighted by molar-refractivity contribution is 7.93. The smallest absolute Gasteiger partial charge is 0.216 e. The van der Waals surface area contributed by atoms with Crippen LogP contribution in [0.2, 0.25) is 0 Å². The summed E-state index contributed by atoms with van der Waals surface area (Å²) < 4.78 is 95.8. The summed E-state index contributed by atoms with van der Waals surface area (Å²) in [7, 11) is -6.56. The summed E-state index contributed by atoms with van der Waals surface area (Å²) in [5.74, 6) is -5.07. The fourth-order valence-electron chi connectivity index (χ4n) is 0.613. The Balaban J connectivity index is 5.62.